The van der Waals surface area contributed by atoms with Crippen molar-refractivity contribution in [2.24, 2.45) is 0 Å². The number of anilines is 2. The van der Waals surface area contributed by atoms with Crippen LogP contribution in [0.3, 0.4) is 0 Å². The van der Waals surface area contributed by atoms with Gasteiger partial charge in [-0.1, -0.05) is 35.9 Å². The number of nitrogens with one attached hydrogen (secondary N) is 1. The van der Waals surface area contributed by atoms with Crippen molar-refractivity contribution in [2.45, 2.75) is 0 Å². The van der Waals surface area contributed by atoms with Crippen molar-refractivity contribution in [1.82, 2.24) is 0 Å². The van der Waals surface area contributed by atoms with E-state index in [1.807, 2.05) is 24.3 Å². The zero-order valence-corrected chi connectivity index (χ0v) is 13.8. The summed E-state index contributed by atoms with van der Waals surface area (Å²) in [6.07, 6.45) is 0. The summed E-state index contributed by atoms with van der Waals surface area (Å²) in [5.41, 5.74) is 1.95. The van der Waals surface area contributed by atoms with Gasteiger partial charge in [0, 0.05) is 5.56 Å². The molecule has 0 bridgehead atoms. The molecule has 2 aromatic carbocycles. The minimum Gasteiger partial charge on any atom is -0.451 e. The van der Waals surface area contributed by atoms with E-state index in [1.165, 1.54) is 4.90 Å². The van der Waals surface area contributed by atoms with Gasteiger partial charge in [-0.3, -0.25) is 14.5 Å². The molecule has 1 aromatic heterocycles. The summed E-state index contributed by atoms with van der Waals surface area (Å²) < 4.78 is 5.71. The van der Waals surface area contributed by atoms with Crippen molar-refractivity contribution >= 4 is 34.8 Å². The van der Waals surface area contributed by atoms with Crippen molar-refractivity contribution in [3.63, 3.8) is 0 Å². The lowest BCUT2D eigenvalue weighted by Crippen LogP contribution is -2.42. The maximum atomic E-state index is 12.9. The predicted octanol–water partition coefficient (Wildman–Crippen LogP) is 4.20. The lowest BCUT2D eigenvalue weighted by Gasteiger charge is -2.28. The molecule has 6 heteroatoms. The fourth-order valence-corrected chi connectivity index (χ4v) is 3.03. The summed E-state index contributed by atoms with van der Waals surface area (Å²) in [5, 5.41) is 3.29. The molecule has 0 radical (unpaired) electrons. The van der Waals surface area contributed by atoms with Crippen LogP contribution in [0.25, 0.3) is 11.3 Å². The molecule has 1 aliphatic heterocycles. The van der Waals surface area contributed by atoms with E-state index in [0.29, 0.717) is 27.7 Å². The van der Waals surface area contributed by atoms with Crippen molar-refractivity contribution in [3.05, 3.63) is 71.4 Å². The molecule has 124 valence electrons. The van der Waals surface area contributed by atoms with Gasteiger partial charge in [0.2, 0.25) is 5.91 Å². The molecular formula is C19H13ClN2O3. The lowest BCUT2D eigenvalue weighted by molar-refractivity contribution is -0.115. The minimum absolute atomic E-state index is 0.0576. The first-order valence-electron chi connectivity index (χ1n) is 7.69. The smallest absolute Gasteiger partial charge is 0.294 e. The van der Waals surface area contributed by atoms with Crippen LogP contribution >= 0.6 is 11.6 Å². The van der Waals surface area contributed by atoms with Crippen molar-refractivity contribution in [1.29, 1.82) is 0 Å². The number of para-hydroxylation sites is 2. The fraction of sp³-hybridized carbons (Fsp3) is 0.0526. The quantitative estimate of drug-likeness (QED) is 0.751. The Morgan fingerprint density at radius 1 is 1.04 bits per heavy atom. The van der Waals surface area contributed by atoms with E-state index in [0.717, 1.165) is 0 Å². The first-order chi connectivity index (χ1) is 12.1. The number of nitrogens with zero attached hydrogens (tertiary/aromatic N) is 1. The zero-order valence-electron chi connectivity index (χ0n) is 13.0. The summed E-state index contributed by atoms with van der Waals surface area (Å²) in [6, 6.07) is 17.7. The molecule has 0 fully saturated rings. The second kappa shape index (κ2) is 6.11. The first kappa shape index (κ1) is 15.5. The van der Waals surface area contributed by atoms with Gasteiger partial charge in [-0.25, -0.2) is 0 Å². The second-order valence-electron chi connectivity index (χ2n) is 5.60. The number of halogens is 1. The largest absolute Gasteiger partial charge is 0.451 e. The van der Waals surface area contributed by atoms with E-state index in [4.69, 9.17) is 16.0 Å². The molecule has 2 amide bonds. The molecule has 0 saturated carbocycles. The van der Waals surface area contributed by atoms with E-state index in [-0.39, 0.29) is 24.1 Å². The van der Waals surface area contributed by atoms with Gasteiger partial charge in [0.25, 0.3) is 5.91 Å². The van der Waals surface area contributed by atoms with Crippen LogP contribution in [0.5, 0.6) is 0 Å². The Kier molecular flexibility index (Phi) is 3.78. The highest BCUT2D eigenvalue weighted by atomic mass is 35.5. The Morgan fingerprint density at radius 2 is 1.80 bits per heavy atom. The summed E-state index contributed by atoms with van der Waals surface area (Å²) in [5.74, 6) is 0.0358. The SMILES string of the molecule is O=C1CN(C(=O)c2ccc(-c3ccccc3Cl)o2)c2ccccc2N1. The highest BCUT2D eigenvalue weighted by molar-refractivity contribution is 6.33. The highest BCUT2D eigenvalue weighted by Crippen LogP contribution is 2.32. The molecular weight excluding hydrogens is 340 g/mol. The van der Waals surface area contributed by atoms with Crippen molar-refractivity contribution in [2.75, 3.05) is 16.8 Å². The maximum absolute atomic E-state index is 12.9. The number of hydrogen-bond acceptors (Lipinski definition) is 3. The Bertz CT molecular complexity index is 980. The normalized spacial score (nSPS) is 13.3. The predicted molar refractivity (Wildman–Crippen MR) is 95.9 cm³/mol. The van der Waals surface area contributed by atoms with Crippen molar-refractivity contribution < 1.29 is 14.0 Å². The number of furan rings is 1. The zero-order chi connectivity index (χ0) is 17.4. The average molecular weight is 353 g/mol. The monoisotopic (exact) mass is 352 g/mol. The Hall–Kier alpha value is -3.05. The summed E-state index contributed by atoms with van der Waals surface area (Å²) >= 11 is 6.17. The Morgan fingerprint density at radius 3 is 2.64 bits per heavy atom. The third-order valence-corrected chi connectivity index (χ3v) is 4.30. The number of fused-ring (bicyclic) bond motifs is 1. The van der Waals surface area contributed by atoms with Gasteiger partial charge in [0.1, 0.15) is 12.3 Å². The van der Waals surface area contributed by atoms with Gasteiger partial charge in [-0.15, -0.1) is 0 Å². The number of amides is 2. The number of hydrogen-bond donors (Lipinski definition) is 1. The van der Waals surface area contributed by atoms with Crippen LogP contribution < -0.4 is 10.2 Å². The first-order valence-corrected chi connectivity index (χ1v) is 8.07. The van der Waals surface area contributed by atoms with E-state index >= 15 is 0 Å². The van der Waals surface area contributed by atoms with Gasteiger partial charge < -0.3 is 9.73 Å². The van der Waals surface area contributed by atoms with Crippen LogP contribution in [-0.2, 0) is 4.79 Å². The third-order valence-electron chi connectivity index (χ3n) is 3.97. The third kappa shape index (κ3) is 2.79. The van der Waals surface area contributed by atoms with Gasteiger partial charge in [-0.05, 0) is 36.4 Å². The van der Waals surface area contributed by atoms with Crippen LogP contribution in [0.4, 0.5) is 11.4 Å². The van der Waals surface area contributed by atoms with E-state index in [1.54, 1.807) is 36.4 Å². The summed E-state index contributed by atoms with van der Waals surface area (Å²) in [4.78, 5) is 26.2. The van der Waals surface area contributed by atoms with Gasteiger partial charge in [-0.2, -0.15) is 0 Å². The van der Waals surface area contributed by atoms with Crippen LogP contribution in [0.2, 0.25) is 5.02 Å². The summed E-state index contributed by atoms with van der Waals surface area (Å²) in [6.45, 7) is -0.0576. The van der Waals surface area contributed by atoms with Crippen LogP contribution in [0, 0.1) is 0 Å². The lowest BCUT2D eigenvalue weighted by atomic mass is 10.2. The fourth-order valence-electron chi connectivity index (χ4n) is 2.81. The number of carbonyl (C=O) groups is 2. The number of rotatable bonds is 2. The van der Waals surface area contributed by atoms with Crippen molar-refractivity contribution in [3.8, 4) is 11.3 Å². The van der Waals surface area contributed by atoms with E-state index in [9.17, 15) is 9.59 Å². The minimum atomic E-state index is -0.374. The van der Waals surface area contributed by atoms with E-state index in [2.05, 4.69) is 5.32 Å². The number of carbonyl (C=O) groups excluding carboxylic acids is 2. The topological polar surface area (TPSA) is 62.6 Å². The Labute approximate surface area is 148 Å². The molecule has 0 saturated heterocycles. The average Bonchev–Trinajstić information content (AvgIpc) is 3.10. The molecule has 1 aliphatic rings. The number of benzene rings is 2. The molecule has 2 heterocycles. The molecule has 0 atom stereocenters. The van der Waals surface area contributed by atoms with Crippen LogP contribution in [0.15, 0.2) is 65.1 Å². The molecule has 3 aromatic rings. The second-order valence-corrected chi connectivity index (χ2v) is 6.01. The van der Waals surface area contributed by atoms with Crippen LogP contribution in [0.1, 0.15) is 10.6 Å². The molecule has 0 unspecified atom stereocenters. The molecule has 0 spiro atoms. The molecule has 1 N–H and O–H groups in total. The van der Waals surface area contributed by atoms with Crippen LogP contribution in [-0.4, -0.2) is 18.4 Å². The standard InChI is InChI=1S/C19H13ClN2O3/c20-13-6-2-1-5-12(13)16-9-10-17(25-16)19(24)22-11-18(23)21-14-7-3-4-8-15(14)22/h1-10H,11H2,(H,21,23). The van der Waals surface area contributed by atoms with E-state index < -0.39 is 0 Å². The highest BCUT2D eigenvalue weighted by Gasteiger charge is 2.29. The van der Waals surface area contributed by atoms with Gasteiger partial charge in [0.15, 0.2) is 5.76 Å². The van der Waals surface area contributed by atoms with Gasteiger partial charge >= 0.3 is 0 Å². The Balaban J connectivity index is 1.69. The maximum Gasteiger partial charge on any atom is 0.294 e. The molecule has 5 nitrogen and oxygen atoms in total. The molecule has 25 heavy (non-hydrogen) atoms. The molecule has 4 rings (SSSR count). The molecule has 0 aliphatic carbocycles. The van der Waals surface area contributed by atoms with Gasteiger partial charge in [0.05, 0.1) is 16.4 Å². The summed E-state index contributed by atoms with van der Waals surface area (Å²) in [7, 11) is 0.